The van der Waals surface area contributed by atoms with E-state index in [1.807, 2.05) is 13.8 Å². The van der Waals surface area contributed by atoms with Crippen molar-refractivity contribution in [3.8, 4) is 5.75 Å². The number of carbonyl (C=O) groups is 3. The van der Waals surface area contributed by atoms with Gasteiger partial charge in [-0.25, -0.2) is 0 Å². The van der Waals surface area contributed by atoms with Crippen LogP contribution in [0.2, 0.25) is 0 Å². The molecule has 0 saturated carbocycles. The Morgan fingerprint density at radius 2 is 1.48 bits per heavy atom. The highest BCUT2D eigenvalue weighted by Crippen LogP contribution is 2.12. The van der Waals surface area contributed by atoms with Gasteiger partial charge in [-0.05, 0) is 74.1 Å². The molecule has 10 heteroatoms. The van der Waals surface area contributed by atoms with E-state index in [0.29, 0.717) is 48.8 Å². The molecule has 2 aromatic rings. The lowest BCUT2D eigenvalue weighted by Crippen LogP contribution is -2.48. The number of benzene rings is 2. The fourth-order valence-electron chi connectivity index (χ4n) is 2.61. The first-order valence-electron chi connectivity index (χ1n) is 10.5. The number of rotatable bonds is 10. The minimum absolute atomic E-state index is 0.0613. The zero-order valence-corrected chi connectivity index (χ0v) is 19.4. The quantitative estimate of drug-likeness (QED) is 0.239. The van der Waals surface area contributed by atoms with Crippen molar-refractivity contribution in [1.29, 1.82) is 0 Å². The molecule has 4 N–H and O–H groups in total. The van der Waals surface area contributed by atoms with E-state index in [0.717, 1.165) is 6.42 Å². The molecule has 0 aliphatic heterocycles. The zero-order valence-electron chi connectivity index (χ0n) is 18.6. The molecule has 0 saturated heterocycles. The minimum atomic E-state index is -0.452. The van der Waals surface area contributed by atoms with E-state index in [9.17, 15) is 14.4 Å². The highest BCUT2D eigenvalue weighted by Gasteiger charge is 2.10. The Balaban J connectivity index is 1.77. The van der Waals surface area contributed by atoms with Gasteiger partial charge in [-0.1, -0.05) is 6.92 Å². The van der Waals surface area contributed by atoms with Crippen molar-refractivity contribution < 1.29 is 23.9 Å². The predicted molar refractivity (Wildman–Crippen MR) is 129 cm³/mol. The number of nitrogens with one attached hydrogen (secondary N) is 4. The maximum atomic E-state index is 12.3. The van der Waals surface area contributed by atoms with E-state index in [1.54, 1.807) is 48.5 Å². The van der Waals surface area contributed by atoms with E-state index in [-0.39, 0.29) is 11.0 Å². The first-order valence-corrected chi connectivity index (χ1v) is 11.0. The van der Waals surface area contributed by atoms with E-state index < -0.39 is 11.8 Å². The molecule has 176 valence electrons. The molecule has 3 amide bonds. The van der Waals surface area contributed by atoms with Crippen LogP contribution in [0.25, 0.3) is 0 Å². The molecule has 0 radical (unpaired) electrons. The van der Waals surface area contributed by atoms with Crippen molar-refractivity contribution in [2.24, 2.45) is 0 Å². The summed E-state index contributed by atoms with van der Waals surface area (Å²) in [6, 6.07) is 13.0. The lowest BCUT2D eigenvalue weighted by molar-refractivity contribution is -0.116. The summed E-state index contributed by atoms with van der Waals surface area (Å²) in [4.78, 5) is 36.2. The molecule has 33 heavy (non-hydrogen) atoms. The van der Waals surface area contributed by atoms with Gasteiger partial charge in [0.1, 0.15) is 12.4 Å². The molecule has 0 bridgehead atoms. The van der Waals surface area contributed by atoms with Crippen LogP contribution in [0.15, 0.2) is 48.5 Å². The fraction of sp³-hybridized carbons (Fsp3) is 0.304. The van der Waals surface area contributed by atoms with Crippen molar-refractivity contribution in [2.45, 2.75) is 26.7 Å². The van der Waals surface area contributed by atoms with E-state index in [1.165, 1.54) is 0 Å². The Labute approximate surface area is 198 Å². The van der Waals surface area contributed by atoms with Crippen LogP contribution in [0.3, 0.4) is 0 Å². The Kier molecular flexibility index (Phi) is 10.8. The van der Waals surface area contributed by atoms with Crippen LogP contribution in [0.5, 0.6) is 5.75 Å². The van der Waals surface area contributed by atoms with Gasteiger partial charge in [-0.3, -0.25) is 30.6 Å². The van der Waals surface area contributed by atoms with Gasteiger partial charge >= 0.3 is 0 Å². The number of ether oxygens (including phenoxy) is 2. The number of hydrogen-bond acceptors (Lipinski definition) is 6. The molecule has 0 aliphatic rings. The number of hydrazine groups is 1. The third-order valence-electron chi connectivity index (χ3n) is 4.24. The normalized spacial score (nSPS) is 10.1. The summed E-state index contributed by atoms with van der Waals surface area (Å²) in [5.74, 6) is -0.349. The smallest absolute Gasteiger partial charge is 0.269 e. The van der Waals surface area contributed by atoms with Gasteiger partial charge in [-0.15, -0.1) is 0 Å². The summed E-state index contributed by atoms with van der Waals surface area (Å²) in [7, 11) is 0. The average Bonchev–Trinajstić information content (AvgIpc) is 2.81. The molecule has 0 atom stereocenters. The number of carbonyl (C=O) groups excluding carboxylic acids is 3. The zero-order chi connectivity index (χ0) is 24.1. The van der Waals surface area contributed by atoms with Crippen molar-refractivity contribution >= 4 is 40.7 Å². The second-order valence-electron chi connectivity index (χ2n) is 6.81. The van der Waals surface area contributed by atoms with Gasteiger partial charge < -0.3 is 14.8 Å². The molecule has 2 rings (SSSR count). The fourth-order valence-corrected chi connectivity index (χ4v) is 2.76. The first kappa shape index (κ1) is 25.8. The summed E-state index contributed by atoms with van der Waals surface area (Å²) in [5, 5.41) is 5.17. The predicted octanol–water partition coefficient (Wildman–Crippen LogP) is 2.79. The second kappa shape index (κ2) is 13.8. The molecular formula is C23H28N4O5S. The van der Waals surface area contributed by atoms with Gasteiger partial charge in [0.05, 0.1) is 6.61 Å². The average molecular weight is 473 g/mol. The Bertz CT molecular complexity index is 948. The van der Waals surface area contributed by atoms with Crippen molar-refractivity contribution in [2.75, 3.05) is 25.1 Å². The van der Waals surface area contributed by atoms with Crippen molar-refractivity contribution in [3.63, 3.8) is 0 Å². The minimum Gasteiger partial charge on any atom is -0.491 e. The number of hydrogen-bond donors (Lipinski definition) is 4. The largest absolute Gasteiger partial charge is 0.491 e. The highest BCUT2D eigenvalue weighted by atomic mass is 32.1. The summed E-state index contributed by atoms with van der Waals surface area (Å²) >= 11 is 5.06. The lowest BCUT2D eigenvalue weighted by atomic mass is 10.2. The van der Waals surface area contributed by atoms with Crippen LogP contribution in [-0.4, -0.2) is 42.7 Å². The van der Waals surface area contributed by atoms with Crippen LogP contribution in [-0.2, 0) is 9.53 Å². The third-order valence-corrected chi connectivity index (χ3v) is 4.45. The van der Waals surface area contributed by atoms with Crippen LogP contribution in [0, 0.1) is 0 Å². The van der Waals surface area contributed by atoms with Gasteiger partial charge in [0, 0.05) is 29.8 Å². The van der Waals surface area contributed by atoms with Crippen LogP contribution in [0.4, 0.5) is 5.69 Å². The van der Waals surface area contributed by atoms with E-state index >= 15 is 0 Å². The van der Waals surface area contributed by atoms with Gasteiger partial charge in [0.2, 0.25) is 5.91 Å². The molecule has 0 unspecified atom stereocenters. The molecule has 0 aliphatic carbocycles. The molecule has 0 heterocycles. The number of thiocarbonyl (C=S) groups is 1. The summed E-state index contributed by atoms with van der Waals surface area (Å²) in [6.07, 6.45) is 1.19. The monoisotopic (exact) mass is 472 g/mol. The Morgan fingerprint density at radius 3 is 2.12 bits per heavy atom. The summed E-state index contributed by atoms with van der Waals surface area (Å²) in [5.41, 5.74) is 6.24. The third kappa shape index (κ3) is 9.26. The second-order valence-corrected chi connectivity index (χ2v) is 7.22. The standard InChI is InChI=1S/C23H28N4O5S/c1-3-5-20(28)24-18-10-6-17(7-11-18)22(30)26-27-23(33)25-21(29)16-8-12-19(13-9-16)32-15-14-31-4-2/h6-13H,3-5,14-15H2,1-2H3,(H,24,28)(H,26,30)(H2,25,27,29,33). The van der Waals surface area contributed by atoms with Crippen LogP contribution < -0.4 is 26.2 Å². The van der Waals surface area contributed by atoms with Gasteiger partial charge in [0.25, 0.3) is 11.8 Å². The molecule has 2 aromatic carbocycles. The highest BCUT2D eigenvalue weighted by molar-refractivity contribution is 7.80. The topological polar surface area (TPSA) is 118 Å². The Hall–Kier alpha value is -3.50. The number of anilines is 1. The number of amides is 3. The molecular weight excluding hydrogens is 444 g/mol. The molecule has 0 aromatic heterocycles. The van der Waals surface area contributed by atoms with Gasteiger partial charge in [-0.2, -0.15) is 0 Å². The van der Waals surface area contributed by atoms with Gasteiger partial charge in [0.15, 0.2) is 5.11 Å². The molecule has 0 fully saturated rings. The SMILES string of the molecule is CCCC(=O)Nc1ccc(C(=O)NNC(=S)NC(=O)c2ccc(OCCOCC)cc2)cc1. The van der Waals surface area contributed by atoms with Crippen LogP contribution >= 0.6 is 12.2 Å². The van der Waals surface area contributed by atoms with Crippen molar-refractivity contribution in [3.05, 3.63) is 59.7 Å². The lowest BCUT2D eigenvalue weighted by Gasteiger charge is -2.12. The van der Waals surface area contributed by atoms with Crippen molar-refractivity contribution in [1.82, 2.24) is 16.2 Å². The first-order chi connectivity index (χ1) is 15.9. The Morgan fingerprint density at radius 1 is 0.848 bits per heavy atom. The maximum Gasteiger partial charge on any atom is 0.269 e. The van der Waals surface area contributed by atoms with E-state index in [2.05, 4.69) is 21.5 Å². The summed E-state index contributed by atoms with van der Waals surface area (Å²) in [6.45, 7) is 5.37. The van der Waals surface area contributed by atoms with Crippen LogP contribution in [0.1, 0.15) is 47.4 Å². The summed E-state index contributed by atoms with van der Waals surface area (Å²) < 4.78 is 10.7. The molecule has 9 nitrogen and oxygen atoms in total. The van der Waals surface area contributed by atoms with E-state index in [4.69, 9.17) is 21.7 Å². The maximum absolute atomic E-state index is 12.3. The molecule has 0 spiro atoms.